The van der Waals surface area contributed by atoms with Crippen molar-refractivity contribution in [2.75, 3.05) is 18.1 Å². The van der Waals surface area contributed by atoms with Crippen LogP contribution in [0.4, 0.5) is 10.1 Å². The molecule has 0 unspecified atom stereocenters. The van der Waals surface area contributed by atoms with E-state index < -0.39 is 42.8 Å². The number of benzene rings is 1. The first-order valence-electron chi connectivity index (χ1n) is 8.09. The number of hydrogen-bond donors (Lipinski definition) is 0. The van der Waals surface area contributed by atoms with Crippen LogP contribution in [0.25, 0.3) is 0 Å². The zero-order chi connectivity index (χ0) is 19.1. The molecule has 10 heteroatoms. The molecule has 0 aromatic heterocycles. The van der Waals surface area contributed by atoms with E-state index in [9.17, 15) is 18.5 Å². The number of aliphatic imine (C=N–C) groups is 1. The predicted molar refractivity (Wildman–Crippen MR) is 94.0 cm³/mol. The molecule has 1 aromatic rings. The number of carbonyl (C=O) groups excluding carboxylic acids is 2. The van der Waals surface area contributed by atoms with Crippen LogP contribution >= 0.6 is 19.2 Å². The van der Waals surface area contributed by atoms with Gasteiger partial charge in [0.05, 0.1) is 35.8 Å². The summed E-state index contributed by atoms with van der Waals surface area (Å²) in [6.07, 6.45) is 1.31. The summed E-state index contributed by atoms with van der Waals surface area (Å²) in [4.78, 5) is 30.6. The third-order valence-electron chi connectivity index (χ3n) is 4.22. The van der Waals surface area contributed by atoms with E-state index in [0.29, 0.717) is 0 Å². The summed E-state index contributed by atoms with van der Waals surface area (Å²) in [6.45, 7) is 3.52. The molecule has 2 heterocycles. The Hall–Kier alpha value is -1.60. The smallest absolute Gasteiger partial charge is 0.307 e. The summed E-state index contributed by atoms with van der Waals surface area (Å²) in [5.41, 5.74) is 0.149. The lowest BCUT2D eigenvalue weighted by molar-refractivity contribution is -0.122. The van der Waals surface area contributed by atoms with E-state index in [-0.39, 0.29) is 23.9 Å². The molecule has 0 radical (unpaired) electrons. The highest BCUT2D eigenvalue weighted by Crippen LogP contribution is 2.60. The Kier molecular flexibility index (Phi) is 5.30. The number of carbonyl (C=O) groups is 2. The number of hydrogen-bond acceptors (Lipinski definition) is 6. The molecular formula is C16H17ClFN2O5P. The van der Waals surface area contributed by atoms with Gasteiger partial charge in [0.25, 0.3) is 0 Å². The molecule has 3 rings (SSSR count). The number of amides is 2. The number of fused-ring (bicyclic) bond motifs is 1. The van der Waals surface area contributed by atoms with Crippen molar-refractivity contribution in [3.05, 3.63) is 29.0 Å². The molecule has 1 fully saturated rings. The SMILES string of the molecule is CCOP(=O)(OCC)[C@@H]1N=C[C@H]2C(=O)N(c3ccc(F)c(Cl)c3)C(=O)[C@@H]12. The zero-order valence-electron chi connectivity index (χ0n) is 14.1. The van der Waals surface area contributed by atoms with E-state index >= 15 is 0 Å². The van der Waals surface area contributed by atoms with Crippen LogP contribution in [0.2, 0.25) is 5.02 Å². The molecule has 3 atom stereocenters. The molecule has 1 saturated heterocycles. The average molecular weight is 403 g/mol. The zero-order valence-corrected chi connectivity index (χ0v) is 15.7. The van der Waals surface area contributed by atoms with E-state index in [2.05, 4.69) is 4.99 Å². The third-order valence-corrected chi connectivity index (χ3v) is 6.85. The fraction of sp³-hybridized carbons (Fsp3) is 0.438. The molecule has 1 aromatic carbocycles. The first kappa shape index (κ1) is 19.2. The molecule has 140 valence electrons. The lowest BCUT2D eigenvalue weighted by Crippen LogP contribution is -2.33. The fourth-order valence-electron chi connectivity index (χ4n) is 3.16. The van der Waals surface area contributed by atoms with Gasteiger partial charge in [-0.2, -0.15) is 0 Å². The van der Waals surface area contributed by atoms with Gasteiger partial charge in [-0.25, -0.2) is 9.29 Å². The maximum absolute atomic E-state index is 13.4. The molecule has 0 saturated carbocycles. The van der Waals surface area contributed by atoms with Crippen molar-refractivity contribution in [1.82, 2.24) is 0 Å². The Labute approximate surface area is 154 Å². The Morgan fingerprint density at radius 1 is 1.23 bits per heavy atom. The molecule has 0 spiro atoms. The average Bonchev–Trinajstić information content (AvgIpc) is 3.12. The molecule has 26 heavy (non-hydrogen) atoms. The normalized spacial score (nSPS) is 25.2. The minimum Gasteiger partial charge on any atom is -0.307 e. The summed E-state index contributed by atoms with van der Waals surface area (Å²) in [5, 5.41) is -0.209. The van der Waals surface area contributed by atoms with Crippen molar-refractivity contribution in [2.45, 2.75) is 19.6 Å². The van der Waals surface area contributed by atoms with E-state index in [1.54, 1.807) is 13.8 Å². The minimum absolute atomic E-state index is 0.111. The van der Waals surface area contributed by atoms with Crippen molar-refractivity contribution in [3.8, 4) is 0 Å². The lowest BCUT2D eigenvalue weighted by atomic mass is 9.99. The largest absolute Gasteiger partial charge is 0.355 e. The van der Waals surface area contributed by atoms with Crippen molar-refractivity contribution in [2.24, 2.45) is 16.8 Å². The van der Waals surface area contributed by atoms with Crippen LogP contribution in [0, 0.1) is 17.7 Å². The Morgan fingerprint density at radius 2 is 1.88 bits per heavy atom. The summed E-state index contributed by atoms with van der Waals surface area (Å²) < 4.78 is 37.0. The van der Waals surface area contributed by atoms with Gasteiger partial charge in [-0.15, -0.1) is 0 Å². The summed E-state index contributed by atoms with van der Waals surface area (Å²) in [6, 6.07) is 3.56. The van der Waals surface area contributed by atoms with Gasteiger partial charge in [0, 0.05) is 6.21 Å². The van der Waals surface area contributed by atoms with E-state index in [4.69, 9.17) is 20.6 Å². The Morgan fingerprint density at radius 3 is 2.46 bits per heavy atom. The molecule has 7 nitrogen and oxygen atoms in total. The second kappa shape index (κ2) is 7.19. The molecule has 0 bridgehead atoms. The van der Waals surface area contributed by atoms with Gasteiger partial charge >= 0.3 is 7.60 Å². The van der Waals surface area contributed by atoms with Gasteiger partial charge in [-0.3, -0.25) is 19.1 Å². The maximum atomic E-state index is 13.4. The topological polar surface area (TPSA) is 85.3 Å². The molecule has 0 N–H and O–H groups in total. The molecule has 0 aliphatic carbocycles. The van der Waals surface area contributed by atoms with Crippen molar-refractivity contribution in [3.63, 3.8) is 0 Å². The van der Waals surface area contributed by atoms with Crippen LogP contribution in [0.5, 0.6) is 0 Å². The lowest BCUT2D eigenvalue weighted by Gasteiger charge is -2.25. The Bertz CT molecular complexity index is 823. The number of rotatable bonds is 6. The predicted octanol–water partition coefficient (Wildman–Crippen LogP) is 3.26. The van der Waals surface area contributed by atoms with Gasteiger partial charge < -0.3 is 9.05 Å². The number of nitrogens with zero attached hydrogens (tertiary/aromatic N) is 2. The van der Waals surface area contributed by atoms with Crippen molar-refractivity contribution >= 4 is 42.9 Å². The van der Waals surface area contributed by atoms with Crippen LogP contribution in [-0.4, -0.2) is 37.0 Å². The minimum atomic E-state index is -3.72. The summed E-state index contributed by atoms with van der Waals surface area (Å²) in [5.74, 6) is -4.74. The highest BCUT2D eigenvalue weighted by Gasteiger charge is 2.59. The second-order valence-electron chi connectivity index (χ2n) is 5.75. The van der Waals surface area contributed by atoms with Crippen LogP contribution in [0.1, 0.15) is 13.8 Å². The van der Waals surface area contributed by atoms with Gasteiger partial charge in [0.2, 0.25) is 11.8 Å². The Balaban J connectivity index is 1.96. The molecule has 2 amide bonds. The number of imide groups is 1. The van der Waals surface area contributed by atoms with Crippen molar-refractivity contribution < 1.29 is 27.6 Å². The van der Waals surface area contributed by atoms with Crippen LogP contribution in [0.3, 0.4) is 0 Å². The monoisotopic (exact) mass is 402 g/mol. The van der Waals surface area contributed by atoms with E-state index in [1.165, 1.54) is 18.3 Å². The first-order chi connectivity index (χ1) is 12.3. The molecule has 2 aliphatic rings. The van der Waals surface area contributed by atoms with Gasteiger partial charge in [0.15, 0.2) is 5.78 Å². The highest BCUT2D eigenvalue weighted by atomic mass is 35.5. The highest BCUT2D eigenvalue weighted by molar-refractivity contribution is 7.54. The van der Waals surface area contributed by atoms with Gasteiger partial charge in [-0.05, 0) is 32.0 Å². The van der Waals surface area contributed by atoms with Crippen molar-refractivity contribution in [1.29, 1.82) is 0 Å². The van der Waals surface area contributed by atoms with Gasteiger partial charge in [0.1, 0.15) is 5.82 Å². The van der Waals surface area contributed by atoms with E-state index in [0.717, 1.165) is 11.0 Å². The quantitative estimate of drug-likeness (QED) is 0.538. The van der Waals surface area contributed by atoms with E-state index in [1.807, 2.05) is 0 Å². The summed E-state index contributed by atoms with van der Waals surface area (Å²) >= 11 is 5.76. The van der Waals surface area contributed by atoms with Crippen LogP contribution in [0.15, 0.2) is 23.2 Å². The summed E-state index contributed by atoms with van der Waals surface area (Å²) in [7, 11) is -3.72. The number of halogens is 2. The maximum Gasteiger partial charge on any atom is 0.355 e. The number of anilines is 1. The first-order valence-corrected chi connectivity index (χ1v) is 10.1. The molecular weight excluding hydrogens is 386 g/mol. The standard InChI is InChI=1S/C16H17ClFN2O5P/c1-3-24-26(23,25-4-2)14-13-10(8-19-14)15(21)20(16(13)22)9-5-6-12(18)11(17)7-9/h5-8,10,13-14H,3-4H2,1-2H3/t10-,13-,14+/m1/s1. The van der Waals surface area contributed by atoms with Crippen LogP contribution < -0.4 is 4.90 Å². The second-order valence-corrected chi connectivity index (χ2v) is 8.28. The third kappa shape index (κ3) is 3.01. The van der Waals surface area contributed by atoms with Crippen LogP contribution in [-0.2, 0) is 23.2 Å². The molecule has 2 aliphatic heterocycles. The fourth-order valence-corrected chi connectivity index (χ4v) is 5.39. The van der Waals surface area contributed by atoms with Gasteiger partial charge in [-0.1, -0.05) is 11.6 Å².